The molecule has 0 saturated heterocycles. The number of benzene rings is 1. The van der Waals surface area contributed by atoms with Crippen molar-refractivity contribution < 1.29 is 9.84 Å². The molecule has 0 saturated carbocycles. The number of hydrogen-bond donors (Lipinski definition) is 1. The van der Waals surface area contributed by atoms with Gasteiger partial charge in [0.1, 0.15) is 5.75 Å². The van der Waals surface area contributed by atoms with Crippen molar-refractivity contribution in [2.75, 3.05) is 13.7 Å². The largest absolute Gasteiger partial charge is 0.497 e. The van der Waals surface area contributed by atoms with Crippen molar-refractivity contribution in [1.29, 1.82) is 0 Å². The molecule has 0 spiro atoms. The summed E-state index contributed by atoms with van der Waals surface area (Å²) in [5, 5.41) is 8.56. The van der Waals surface area contributed by atoms with Crippen molar-refractivity contribution in [1.82, 2.24) is 0 Å². The Bertz CT molecular complexity index is 203. The van der Waals surface area contributed by atoms with Gasteiger partial charge in [0, 0.05) is 6.42 Å². The lowest BCUT2D eigenvalue weighted by atomic mass is 10.1. The molecule has 0 bridgehead atoms. The Morgan fingerprint density at radius 1 is 1.36 bits per heavy atom. The highest BCUT2D eigenvalue weighted by Crippen LogP contribution is 2.11. The fraction of sp³-hybridized carbons (Fsp3) is 0.222. The number of hydrogen-bond acceptors (Lipinski definition) is 2. The van der Waals surface area contributed by atoms with Gasteiger partial charge in [-0.1, -0.05) is 12.1 Å². The summed E-state index contributed by atoms with van der Waals surface area (Å²) < 4.78 is 4.97. The number of aliphatic hydroxyl groups is 1. The van der Waals surface area contributed by atoms with Gasteiger partial charge in [0.15, 0.2) is 0 Å². The van der Waals surface area contributed by atoms with E-state index in [0.717, 1.165) is 11.3 Å². The van der Waals surface area contributed by atoms with E-state index in [0.29, 0.717) is 0 Å². The van der Waals surface area contributed by atoms with Gasteiger partial charge in [-0.15, -0.1) is 0 Å². The third-order valence-corrected chi connectivity index (χ3v) is 1.44. The first-order valence-corrected chi connectivity index (χ1v) is 3.45. The molecule has 0 aromatic heterocycles. The van der Waals surface area contributed by atoms with Gasteiger partial charge < -0.3 is 9.84 Å². The average Bonchev–Trinajstić information content (AvgIpc) is 2.07. The fourth-order valence-corrected chi connectivity index (χ4v) is 0.845. The highest BCUT2D eigenvalue weighted by molar-refractivity contribution is 5.30. The van der Waals surface area contributed by atoms with Crippen LogP contribution in [0.15, 0.2) is 24.3 Å². The van der Waals surface area contributed by atoms with E-state index in [1.165, 1.54) is 0 Å². The minimum Gasteiger partial charge on any atom is -0.497 e. The predicted octanol–water partition coefficient (Wildman–Crippen LogP) is 1.24. The van der Waals surface area contributed by atoms with Gasteiger partial charge in [0.05, 0.1) is 13.7 Å². The topological polar surface area (TPSA) is 29.5 Å². The zero-order valence-electron chi connectivity index (χ0n) is 6.45. The maximum Gasteiger partial charge on any atom is 0.118 e. The van der Waals surface area contributed by atoms with Gasteiger partial charge in [-0.25, -0.2) is 0 Å². The van der Waals surface area contributed by atoms with E-state index in [1.54, 1.807) is 13.5 Å². The van der Waals surface area contributed by atoms with Crippen LogP contribution in [-0.2, 0) is 0 Å². The Morgan fingerprint density at radius 2 is 2.00 bits per heavy atom. The van der Waals surface area contributed by atoms with Crippen LogP contribution in [0, 0.1) is 6.42 Å². The molecule has 0 fully saturated rings. The quantitative estimate of drug-likeness (QED) is 0.704. The summed E-state index contributed by atoms with van der Waals surface area (Å²) >= 11 is 0. The fourth-order valence-electron chi connectivity index (χ4n) is 0.845. The molecule has 59 valence electrons. The van der Waals surface area contributed by atoms with Gasteiger partial charge in [-0.2, -0.15) is 0 Å². The van der Waals surface area contributed by atoms with Crippen LogP contribution < -0.4 is 4.74 Å². The van der Waals surface area contributed by atoms with E-state index < -0.39 is 0 Å². The summed E-state index contributed by atoms with van der Waals surface area (Å²) in [6.07, 6.45) is 1.74. The zero-order valence-corrected chi connectivity index (χ0v) is 6.45. The van der Waals surface area contributed by atoms with Crippen LogP contribution >= 0.6 is 0 Å². The van der Waals surface area contributed by atoms with Gasteiger partial charge in [-0.3, -0.25) is 0 Å². The lowest BCUT2D eigenvalue weighted by Crippen LogP contribution is -1.87. The summed E-state index contributed by atoms with van der Waals surface area (Å²) in [4.78, 5) is 0. The Hall–Kier alpha value is -1.02. The molecule has 1 aromatic rings. The van der Waals surface area contributed by atoms with E-state index in [9.17, 15) is 0 Å². The summed E-state index contributed by atoms with van der Waals surface area (Å²) in [7, 11) is 1.63. The molecule has 0 aliphatic carbocycles. The van der Waals surface area contributed by atoms with Crippen LogP contribution in [0.1, 0.15) is 5.56 Å². The summed E-state index contributed by atoms with van der Waals surface area (Å²) in [5.41, 5.74) is 1.01. The molecule has 1 radical (unpaired) electrons. The molecule has 2 nitrogen and oxygen atoms in total. The highest BCUT2D eigenvalue weighted by atomic mass is 16.5. The Morgan fingerprint density at radius 3 is 2.45 bits per heavy atom. The number of aliphatic hydroxyl groups excluding tert-OH is 1. The molecule has 0 heterocycles. The molecule has 0 aliphatic heterocycles. The number of rotatable bonds is 3. The summed E-state index contributed by atoms with van der Waals surface area (Å²) in [6.45, 7) is 0.0757. The Balaban J connectivity index is 2.66. The standard InChI is InChI=1S/C9H11O2/c1-11-9-4-2-8(3-5-9)6-7-10/h2-6,10H,7H2,1H3. The minimum atomic E-state index is 0.0757. The Kier molecular flexibility index (Phi) is 2.93. The maximum absolute atomic E-state index is 8.56. The lowest BCUT2D eigenvalue weighted by molar-refractivity contribution is 0.331. The first-order valence-electron chi connectivity index (χ1n) is 3.45. The third kappa shape index (κ3) is 2.24. The van der Waals surface area contributed by atoms with E-state index in [4.69, 9.17) is 9.84 Å². The summed E-state index contributed by atoms with van der Waals surface area (Å²) in [5.74, 6) is 0.833. The zero-order chi connectivity index (χ0) is 8.10. The lowest BCUT2D eigenvalue weighted by Gasteiger charge is -2.00. The van der Waals surface area contributed by atoms with Crippen molar-refractivity contribution in [3.05, 3.63) is 36.2 Å². The monoisotopic (exact) mass is 151 g/mol. The normalized spacial score (nSPS) is 9.64. The number of methoxy groups -OCH3 is 1. The second-order valence-electron chi connectivity index (χ2n) is 2.16. The molecule has 1 N–H and O–H groups in total. The smallest absolute Gasteiger partial charge is 0.118 e. The second-order valence-corrected chi connectivity index (χ2v) is 2.16. The van der Waals surface area contributed by atoms with Crippen LogP contribution in [-0.4, -0.2) is 18.8 Å². The maximum atomic E-state index is 8.56. The molecular weight excluding hydrogens is 140 g/mol. The van der Waals surface area contributed by atoms with Crippen molar-refractivity contribution in [3.63, 3.8) is 0 Å². The van der Waals surface area contributed by atoms with Gasteiger partial charge >= 0.3 is 0 Å². The van der Waals surface area contributed by atoms with E-state index in [2.05, 4.69) is 0 Å². The molecule has 0 atom stereocenters. The van der Waals surface area contributed by atoms with Crippen LogP contribution in [0.25, 0.3) is 0 Å². The molecule has 11 heavy (non-hydrogen) atoms. The molecule has 1 aromatic carbocycles. The molecule has 0 aliphatic rings. The average molecular weight is 151 g/mol. The summed E-state index contributed by atoms with van der Waals surface area (Å²) in [6, 6.07) is 7.52. The highest BCUT2D eigenvalue weighted by Gasteiger charge is 1.92. The van der Waals surface area contributed by atoms with Gasteiger partial charge in [0.2, 0.25) is 0 Å². The van der Waals surface area contributed by atoms with E-state index in [1.807, 2.05) is 24.3 Å². The van der Waals surface area contributed by atoms with Crippen LogP contribution in [0.3, 0.4) is 0 Å². The van der Waals surface area contributed by atoms with Gasteiger partial charge in [-0.05, 0) is 17.7 Å². The van der Waals surface area contributed by atoms with Crippen molar-refractivity contribution in [2.24, 2.45) is 0 Å². The first kappa shape index (κ1) is 8.08. The SMILES string of the molecule is COc1ccc([CH]CO)cc1. The third-order valence-electron chi connectivity index (χ3n) is 1.44. The van der Waals surface area contributed by atoms with E-state index in [-0.39, 0.29) is 6.61 Å². The molecule has 0 amide bonds. The Labute approximate surface area is 66.4 Å². The molecule has 2 heteroatoms. The second kappa shape index (κ2) is 3.98. The molecule has 0 unspecified atom stereocenters. The minimum absolute atomic E-state index is 0.0757. The molecular formula is C9H11O2. The van der Waals surface area contributed by atoms with Crippen molar-refractivity contribution in [3.8, 4) is 5.75 Å². The predicted molar refractivity (Wildman–Crippen MR) is 43.5 cm³/mol. The van der Waals surface area contributed by atoms with Crippen molar-refractivity contribution >= 4 is 0 Å². The van der Waals surface area contributed by atoms with Crippen LogP contribution in [0.5, 0.6) is 5.75 Å². The van der Waals surface area contributed by atoms with E-state index >= 15 is 0 Å². The van der Waals surface area contributed by atoms with Crippen molar-refractivity contribution in [2.45, 2.75) is 0 Å². The van der Waals surface area contributed by atoms with Crippen LogP contribution in [0.4, 0.5) is 0 Å². The first-order chi connectivity index (χ1) is 5.36. The van der Waals surface area contributed by atoms with Crippen LogP contribution in [0.2, 0.25) is 0 Å². The number of ether oxygens (including phenoxy) is 1. The van der Waals surface area contributed by atoms with Gasteiger partial charge in [0.25, 0.3) is 0 Å². The molecule has 1 rings (SSSR count).